The van der Waals surface area contributed by atoms with E-state index in [2.05, 4.69) is 0 Å². The number of amides is 1. The molecule has 0 radical (unpaired) electrons. The number of para-hydroxylation sites is 1. The lowest BCUT2D eigenvalue weighted by Crippen LogP contribution is -2.35. The molecule has 0 bridgehead atoms. The Morgan fingerprint density at radius 3 is 2.42 bits per heavy atom. The van der Waals surface area contributed by atoms with E-state index in [1.165, 1.54) is 32.3 Å². The van der Waals surface area contributed by atoms with Crippen molar-refractivity contribution < 1.29 is 28.9 Å². The average Bonchev–Trinajstić information content (AvgIpc) is 3.06. The number of ketones is 1. The summed E-state index contributed by atoms with van der Waals surface area (Å²) in [5.41, 5.74) is 0.615. The van der Waals surface area contributed by atoms with E-state index in [0.717, 1.165) is 0 Å². The van der Waals surface area contributed by atoms with E-state index in [4.69, 9.17) is 25.8 Å². The van der Waals surface area contributed by atoms with Crippen molar-refractivity contribution in [1.82, 2.24) is 9.80 Å². The molecule has 0 saturated carbocycles. The minimum Gasteiger partial charge on any atom is -0.507 e. The molecule has 1 heterocycles. The highest BCUT2D eigenvalue weighted by Crippen LogP contribution is 2.46. The Morgan fingerprint density at radius 1 is 1.09 bits per heavy atom. The number of carbonyl (C=O) groups excluding carboxylic acids is 2. The fourth-order valence-electron chi connectivity index (χ4n) is 3.83. The van der Waals surface area contributed by atoms with Crippen LogP contribution in [0.3, 0.4) is 0 Å². The fraction of sp³-hybridized carbons (Fsp3) is 0.333. The Hall–Kier alpha value is -3.23. The van der Waals surface area contributed by atoms with E-state index in [0.29, 0.717) is 29.4 Å². The van der Waals surface area contributed by atoms with Gasteiger partial charge >= 0.3 is 0 Å². The number of likely N-dealkylation sites (tertiary alicyclic amines) is 1. The predicted octanol–water partition coefficient (Wildman–Crippen LogP) is 3.35. The third-order valence-electron chi connectivity index (χ3n) is 5.48. The molecule has 3 rings (SSSR count). The smallest absolute Gasteiger partial charge is 0.295 e. The maximum absolute atomic E-state index is 13.2. The SMILES string of the molecule is COc1ccc(Cl)c(/C(O)=C2\C(=O)C(=O)N(CCN(C)C)C2c2cccc(OC)c2OC)c1. The summed E-state index contributed by atoms with van der Waals surface area (Å²) in [6, 6.07) is 8.99. The highest BCUT2D eigenvalue weighted by molar-refractivity contribution is 6.47. The van der Waals surface area contributed by atoms with Gasteiger partial charge < -0.3 is 29.1 Å². The van der Waals surface area contributed by atoms with Crippen molar-refractivity contribution >= 4 is 29.1 Å². The van der Waals surface area contributed by atoms with Gasteiger partial charge in [-0.15, -0.1) is 0 Å². The third kappa shape index (κ3) is 4.62. The van der Waals surface area contributed by atoms with E-state index in [9.17, 15) is 14.7 Å². The van der Waals surface area contributed by atoms with Gasteiger partial charge in [-0.2, -0.15) is 0 Å². The first-order valence-corrected chi connectivity index (χ1v) is 10.6. The number of methoxy groups -OCH3 is 3. The van der Waals surface area contributed by atoms with Crippen molar-refractivity contribution in [1.29, 1.82) is 0 Å². The quantitative estimate of drug-likeness (QED) is 0.356. The summed E-state index contributed by atoms with van der Waals surface area (Å²) < 4.78 is 16.2. The molecule has 1 aliphatic heterocycles. The minimum atomic E-state index is -0.905. The van der Waals surface area contributed by atoms with Gasteiger partial charge in [-0.1, -0.05) is 23.7 Å². The van der Waals surface area contributed by atoms with Crippen molar-refractivity contribution in [2.45, 2.75) is 6.04 Å². The highest BCUT2D eigenvalue weighted by Gasteiger charge is 2.47. The fourth-order valence-corrected chi connectivity index (χ4v) is 4.03. The van der Waals surface area contributed by atoms with E-state index >= 15 is 0 Å². The third-order valence-corrected chi connectivity index (χ3v) is 5.81. The zero-order valence-corrected chi connectivity index (χ0v) is 20.0. The summed E-state index contributed by atoms with van der Waals surface area (Å²) in [7, 11) is 8.20. The first kappa shape index (κ1) is 24.4. The first-order valence-electron chi connectivity index (χ1n) is 10.2. The molecule has 1 amide bonds. The van der Waals surface area contributed by atoms with Crippen molar-refractivity contribution in [3.05, 3.63) is 58.1 Å². The van der Waals surface area contributed by atoms with Gasteiger partial charge in [-0.25, -0.2) is 0 Å². The number of ether oxygens (including phenoxy) is 3. The Labute approximate surface area is 197 Å². The number of hydrogen-bond donors (Lipinski definition) is 1. The number of aliphatic hydroxyl groups is 1. The van der Waals surface area contributed by atoms with Crippen molar-refractivity contribution in [3.8, 4) is 17.2 Å². The molecule has 8 nitrogen and oxygen atoms in total. The van der Waals surface area contributed by atoms with Crippen LogP contribution < -0.4 is 14.2 Å². The molecule has 2 aromatic carbocycles. The average molecular weight is 475 g/mol. The van der Waals surface area contributed by atoms with Gasteiger partial charge in [0.2, 0.25) is 0 Å². The van der Waals surface area contributed by atoms with Crippen LogP contribution in [0.2, 0.25) is 5.02 Å². The zero-order chi connectivity index (χ0) is 24.3. The summed E-state index contributed by atoms with van der Waals surface area (Å²) >= 11 is 6.34. The van der Waals surface area contributed by atoms with Crippen LogP contribution in [-0.4, -0.2) is 75.1 Å². The van der Waals surface area contributed by atoms with Gasteiger partial charge in [-0.05, 0) is 38.4 Å². The number of rotatable bonds is 8. The van der Waals surface area contributed by atoms with Gasteiger partial charge in [-0.3, -0.25) is 9.59 Å². The number of likely N-dealkylation sites (N-methyl/N-ethyl adjacent to an activating group) is 1. The maximum Gasteiger partial charge on any atom is 0.295 e. The van der Waals surface area contributed by atoms with Crippen molar-refractivity contribution in [2.75, 3.05) is 48.5 Å². The molecule has 0 spiro atoms. The Kier molecular flexibility index (Phi) is 7.50. The van der Waals surface area contributed by atoms with Crippen LogP contribution in [0.5, 0.6) is 17.2 Å². The molecule has 2 aromatic rings. The lowest BCUT2D eigenvalue weighted by atomic mass is 9.94. The van der Waals surface area contributed by atoms with E-state index in [1.807, 2.05) is 19.0 Å². The van der Waals surface area contributed by atoms with Crippen molar-refractivity contribution in [3.63, 3.8) is 0 Å². The Morgan fingerprint density at radius 2 is 1.82 bits per heavy atom. The van der Waals surface area contributed by atoms with Crippen LogP contribution in [-0.2, 0) is 9.59 Å². The van der Waals surface area contributed by atoms with Gasteiger partial charge in [0.1, 0.15) is 11.5 Å². The predicted molar refractivity (Wildman–Crippen MR) is 125 cm³/mol. The van der Waals surface area contributed by atoms with Gasteiger partial charge in [0.15, 0.2) is 11.5 Å². The molecule has 0 aliphatic carbocycles. The molecule has 33 heavy (non-hydrogen) atoms. The second-order valence-corrected chi connectivity index (χ2v) is 8.13. The van der Waals surface area contributed by atoms with Crippen LogP contribution in [0, 0.1) is 0 Å². The van der Waals surface area contributed by atoms with Crippen LogP contribution in [0.1, 0.15) is 17.2 Å². The number of halogens is 1. The Bertz CT molecular complexity index is 1100. The number of nitrogens with zero attached hydrogens (tertiary/aromatic N) is 2. The normalized spacial score (nSPS) is 17.5. The summed E-state index contributed by atoms with van der Waals surface area (Å²) in [6.45, 7) is 0.765. The molecule has 1 saturated heterocycles. The van der Waals surface area contributed by atoms with E-state index in [1.54, 1.807) is 30.3 Å². The number of benzene rings is 2. The topological polar surface area (TPSA) is 88.5 Å². The molecule has 176 valence electrons. The van der Waals surface area contributed by atoms with Gasteiger partial charge in [0.25, 0.3) is 11.7 Å². The molecule has 1 fully saturated rings. The summed E-state index contributed by atoms with van der Waals surface area (Å²) in [4.78, 5) is 29.6. The van der Waals surface area contributed by atoms with Crippen LogP contribution in [0.15, 0.2) is 42.0 Å². The molecule has 9 heteroatoms. The van der Waals surface area contributed by atoms with E-state index < -0.39 is 17.7 Å². The van der Waals surface area contributed by atoms with Crippen LogP contribution >= 0.6 is 11.6 Å². The number of hydrogen-bond acceptors (Lipinski definition) is 7. The second-order valence-electron chi connectivity index (χ2n) is 7.72. The molecule has 0 aromatic heterocycles. The largest absolute Gasteiger partial charge is 0.507 e. The minimum absolute atomic E-state index is 0.0829. The lowest BCUT2D eigenvalue weighted by Gasteiger charge is -2.28. The summed E-state index contributed by atoms with van der Waals surface area (Å²) in [6.07, 6.45) is 0. The van der Waals surface area contributed by atoms with Crippen molar-refractivity contribution in [2.24, 2.45) is 0 Å². The molecular formula is C24H27ClN2O6. The monoisotopic (exact) mass is 474 g/mol. The summed E-state index contributed by atoms with van der Waals surface area (Å²) in [5, 5.41) is 11.5. The zero-order valence-electron chi connectivity index (χ0n) is 19.2. The Balaban J connectivity index is 2.29. The first-order chi connectivity index (χ1) is 15.7. The van der Waals surface area contributed by atoms with Crippen LogP contribution in [0.25, 0.3) is 5.76 Å². The molecule has 1 aliphatic rings. The number of aliphatic hydroxyl groups excluding tert-OH is 1. The highest BCUT2D eigenvalue weighted by atomic mass is 35.5. The second kappa shape index (κ2) is 10.1. The lowest BCUT2D eigenvalue weighted by molar-refractivity contribution is -0.140. The number of carbonyl (C=O) groups is 2. The molecular weight excluding hydrogens is 448 g/mol. The number of Topliss-reactive ketones (excluding diaryl/α,β-unsaturated/α-hetero) is 1. The molecule has 1 unspecified atom stereocenters. The molecule has 1 N–H and O–H groups in total. The van der Waals surface area contributed by atoms with Gasteiger partial charge in [0, 0.05) is 24.2 Å². The maximum atomic E-state index is 13.2. The standard InChI is InChI=1S/C24H27ClN2O6/c1-26(2)11-12-27-20(15-7-6-8-18(32-4)23(15)33-5)19(22(29)24(27)30)21(28)16-13-14(31-3)9-10-17(16)25/h6-10,13,20,28H,11-12H2,1-5H3/b21-19+. The van der Waals surface area contributed by atoms with Crippen LogP contribution in [0.4, 0.5) is 0 Å². The van der Waals surface area contributed by atoms with Gasteiger partial charge in [0.05, 0.1) is 38.0 Å². The summed E-state index contributed by atoms with van der Waals surface area (Å²) in [5.74, 6) is -0.665. The van der Waals surface area contributed by atoms with E-state index in [-0.39, 0.29) is 28.5 Å². The molecule has 1 atom stereocenters.